The molecule has 0 saturated heterocycles. The number of hydrogen-bond acceptors (Lipinski definition) is 4. The van der Waals surface area contributed by atoms with Crippen LogP contribution in [-0.4, -0.2) is 15.2 Å². The van der Waals surface area contributed by atoms with Gasteiger partial charge in [-0.05, 0) is 47.7 Å². The molecule has 1 aromatic heterocycles. The van der Waals surface area contributed by atoms with Gasteiger partial charge in [0.25, 0.3) is 5.89 Å². The van der Waals surface area contributed by atoms with Crippen LogP contribution in [0, 0.1) is 3.57 Å². The summed E-state index contributed by atoms with van der Waals surface area (Å²) in [6.07, 6.45) is -0.720. The third-order valence-corrected chi connectivity index (χ3v) is 3.41. The highest BCUT2D eigenvalue weighted by Gasteiger charge is 2.14. The molecule has 0 amide bonds. The summed E-state index contributed by atoms with van der Waals surface area (Å²) in [5.41, 5.74) is 0.856. The van der Waals surface area contributed by atoms with Crippen LogP contribution in [0.4, 0.5) is 0 Å². The lowest BCUT2D eigenvalue weighted by atomic mass is 10.2. The van der Waals surface area contributed by atoms with Crippen molar-refractivity contribution in [2.24, 2.45) is 0 Å². The first-order valence-corrected chi connectivity index (χ1v) is 6.42. The van der Waals surface area contributed by atoms with Gasteiger partial charge in [-0.15, -0.1) is 0 Å². The summed E-state index contributed by atoms with van der Waals surface area (Å²) in [7, 11) is 0. The second kappa shape index (κ2) is 4.80. The van der Waals surface area contributed by atoms with E-state index < -0.39 is 6.10 Å². The molecule has 0 fully saturated rings. The first-order valence-electron chi connectivity index (χ1n) is 4.55. The maximum Gasteiger partial charge on any atom is 0.259 e. The first-order chi connectivity index (χ1) is 7.58. The zero-order valence-electron chi connectivity index (χ0n) is 8.32. The van der Waals surface area contributed by atoms with E-state index in [0.29, 0.717) is 11.7 Å². The predicted molar refractivity (Wildman–Crippen MR) is 70.8 cm³/mol. The highest BCUT2D eigenvalue weighted by atomic mass is 127. The van der Waals surface area contributed by atoms with E-state index in [4.69, 9.17) is 4.52 Å². The fourth-order valence-corrected chi connectivity index (χ4v) is 2.10. The van der Waals surface area contributed by atoms with Crippen LogP contribution in [0.2, 0.25) is 0 Å². The number of rotatable bonds is 2. The Morgan fingerprint density at radius 1 is 1.50 bits per heavy atom. The molecule has 6 heteroatoms. The molecule has 0 radical (unpaired) electrons. The molecule has 0 aliphatic heterocycles. The van der Waals surface area contributed by atoms with Gasteiger partial charge in [0.15, 0.2) is 5.82 Å². The van der Waals surface area contributed by atoms with Gasteiger partial charge < -0.3 is 9.63 Å². The molecule has 0 bridgehead atoms. The molecule has 0 saturated carbocycles. The smallest absolute Gasteiger partial charge is 0.259 e. The van der Waals surface area contributed by atoms with Crippen molar-refractivity contribution in [2.45, 2.75) is 13.0 Å². The van der Waals surface area contributed by atoms with Crippen molar-refractivity contribution in [3.63, 3.8) is 0 Å². The third kappa shape index (κ3) is 2.44. The minimum atomic E-state index is -0.720. The Hall–Kier alpha value is -0.470. The van der Waals surface area contributed by atoms with Gasteiger partial charge in [0.2, 0.25) is 0 Å². The Kier molecular flexibility index (Phi) is 3.60. The van der Waals surface area contributed by atoms with Crippen molar-refractivity contribution in [3.8, 4) is 11.5 Å². The van der Waals surface area contributed by atoms with Crippen LogP contribution >= 0.6 is 38.5 Å². The van der Waals surface area contributed by atoms with Gasteiger partial charge in [0.05, 0.1) is 5.56 Å². The number of aliphatic hydroxyl groups excluding tert-OH is 1. The van der Waals surface area contributed by atoms with E-state index in [0.717, 1.165) is 13.6 Å². The fraction of sp³-hybridized carbons (Fsp3) is 0.200. The van der Waals surface area contributed by atoms with Crippen molar-refractivity contribution in [3.05, 3.63) is 32.1 Å². The Bertz CT molecular complexity index is 513. The molecule has 84 valence electrons. The molecule has 1 atom stereocenters. The molecule has 0 spiro atoms. The van der Waals surface area contributed by atoms with E-state index in [9.17, 15) is 5.11 Å². The Morgan fingerprint density at radius 3 is 2.88 bits per heavy atom. The van der Waals surface area contributed by atoms with Crippen LogP contribution in [-0.2, 0) is 0 Å². The van der Waals surface area contributed by atoms with Crippen LogP contribution in [0.3, 0.4) is 0 Å². The Morgan fingerprint density at radius 2 is 2.25 bits per heavy atom. The van der Waals surface area contributed by atoms with Crippen LogP contribution < -0.4 is 0 Å². The number of benzene rings is 1. The lowest BCUT2D eigenvalue weighted by molar-refractivity contribution is 0.184. The van der Waals surface area contributed by atoms with Crippen molar-refractivity contribution in [1.29, 1.82) is 0 Å². The maximum atomic E-state index is 9.31. The van der Waals surface area contributed by atoms with Crippen molar-refractivity contribution >= 4 is 38.5 Å². The molecule has 0 aliphatic rings. The SMILES string of the molecule is CC(O)c1noc(-c2cc(Br)ccc2I)n1. The zero-order chi connectivity index (χ0) is 11.7. The van der Waals surface area contributed by atoms with Crippen LogP contribution in [0.25, 0.3) is 11.5 Å². The Balaban J connectivity index is 2.46. The van der Waals surface area contributed by atoms with Gasteiger partial charge in [-0.1, -0.05) is 21.1 Å². The predicted octanol–water partition coefficient (Wildman–Crippen LogP) is 3.16. The van der Waals surface area contributed by atoms with Crippen LogP contribution in [0.1, 0.15) is 18.9 Å². The Labute approximate surface area is 114 Å². The zero-order valence-corrected chi connectivity index (χ0v) is 12.1. The van der Waals surface area contributed by atoms with E-state index in [-0.39, 0.29) is 0 Å². The van der Waals surface area contributed by atoms with Crippen molar-refractivity contribution in [2.75, 3.05) is 0 Å². The van der Waals surface area contributed by atoms with E-state index in [2.05, 4.69) is 48.7 Å². The quantitative estimate of drug-likeness (QED) is 0.795. The number of halogens is 2. The summed E-state index contributed by atoms with van der Waals surface area (Å²) in [5, 5.41) is 13.0. The van der Waals surface area contributed by atoms with Crippen LogP contribution in [0.5, 0.6) is 0 Å². The van der Waals surface area contributed by atoms with Gasteiger partial charge in [-0.2, -0.15) is 4.98 Å². The topological polar surface area (TPSA) is 59.2 Å². The second-order valence-corrected chi connectivity index (χ2v) is 5.34. The molecule has 16 heavy (non-hydrogen) atoms. The van der Waals surface area contributed by atoms with E-state index in [1.165, 1.54) is 0 Å². The van der Waals surface area contributed by atoms with Crippen molar-refractivity contribution < 1.29 is 9.63 Å². The van der Waals surface area contributed by atoms with E-state index >= 15 is 0 Å². The van der Waals surface area contributed by atoms with Gasteiger partial charge in [0.1, 0.15) is 6.10 Å². The molecule has 1 N–H and O–H groups in total. The fourth-order valence-electron chi connectivity index (χ4n) is 1.18. The third-order valence-electron chi connectivity index (χ3n) is 1.97. The highest BCUT2D eigenvalue weighted by Crippen LogP contribution is 2.27. The normalized spacial score (nSPS) is 12.8. The summed E-state index contributed by atoms with van der Waals surface area (Å²) < 4.78 is 7.06. The number of aromatic nitrogens is 2. The maximum absolute atomic E-state index is 9.31. The summed E-state index contributed by atoms with van der Waals surface area (Å²) in [6.45, 7) is 1.60. The van der Waals surface area contributed by atoms with Gasteiger partial charge >= 0.3 is 0 Å². The molecule has 4 nitrogen and oxygen atoms in total. The van der Waals surface area contributed by atoms with E-state index in [1.54, 1.807) is 6.92 Å². The molecule has 1 aromatic carbocycles. The lowest BCUT2D eigenvalue weighted by Gasteiger charge is -1.99. The molecule has 2 rings (SSSR count). The largest absolute Gasteiger partial charge is 0.385 e. The minimum Gasteiger partial charge on any atom is -0.385 e. The van der Waals surface area contributed by atoms with Crippen LogP contribution in [0.15, 0.2) is 27.2 Å². The first kappa shape index (κ1) is 12.0. The summed E-state index contributed by atoms with van der Waals surface area (Å²) in [5.74, 6) is 0.715. The molecule has 1 heterocycles. The summed E-state index contributed by atoms with van der Waals surface area (Å²) in [6, 6.07) is 5.80. The lowest BCUT2D eigenvalue weighted by Crippen LogP contribution is -1.93. The number of aliphatic hydroxyl groups is 1. The minimum absolute atomic E-state index is 0.297. The molecule has 0 aliphatic carbocycles. The van der Waals surface area contributed by atoms with E-state index in [1.807, 2.05) is 18.2 Å². The molecule has 2 aromatic rings. The average Bonchev–Trinajstić information content (AvgIpc) is 2.70. The summed E-state index contributed by atoms with van der Waals surface area (Å²) in [4.78, 5) is 4.13. The van der Waals surface area contributed by atoms with Gasteiger partial charge in [-0.3, -0.25) is 0 Å². The van der Waals surface area contributed by atoms with Gasteiger partial charge in [0, 0.05) is 8.04 Å². The standard InChI is InChI=1S/C10H8BrIN2O2/c1-5(15)9-13-10(16-14-9)7-4-6(11)2-3-8(7)12/h2-5,15H,1H3. The number of hydrogen-bond donors (Lipinski definition) is 1. The van der Waals surface area contributed by atoms with Crippen molar-refractivity contribution in [1.82, 2.24) is 10.1 Å². The number of nitrogens with zero attached hydrogens (tertiary/aromatic N) is 2. The summed E-state index contributed by atoms with van der Waals surface area (Å²) >= 11 is 5.58. The second-order valence-electron chi connectivity index (χ2n) is 3.26. The molecule has 1 unspecified atom stereocenters. The molecular weight excluding hydrogens is 387 g/mol. The average molecular weight is 395 g/mol. The molecular formula is C10H8BrIN2O2. The highest BCUT2D eigenvalue weighted by molar-refractivity contribution is 14.1. The monoisotopic (exact) mass is 394 g/mol. The van der Waals surface area contributed by atoms with Gasteiger partial charge in [-0.25, -0.2) is 0 Å².